The molecule has 1 aromatic rings. The molecule has 0 saturated heterocycles. The van der Waals surface area contributed by atoms with Crippen LogP contribution in [0.4, 0.5) is 0 Å². The molecular formula is C11H15IO. The molecule has 0 aliphatic heterocycles. The summed E-state index contributed by atoms with van der Waals surface area (Å²) in [4.78, 5) is 0. The molecule has 0 aromatic heterocycles. The lowest BCUT2D eigenvalue weighted by Gasteiger charge is -2.03. The van der Waals surface area contributed by atoms with E-state index in [1.165, 1.54) is 14.7 Å². The molecule has 0 saturated carbocycles. The van der Waals surface area contributed by atoms with Crippen LogP contribution in [0, 0.1) is 10.5 Å². The lowest BCUT2D eigenvalue weighted by atomic mass is 10.1. The van der Waals surface area contributed by atoms with Gasteiger partial charge in [-0.3, -0.25) is 0 Å². The minimum Gasteiger partial charge on any atom is -0.396 e. The largest absolute Gasteiger partial charge is 0.396 e. The number of halogens is 1. The molecule has 0 heterocycles. The van der Waals surface area contributed by atoms with Crippen molar-refractivity contribution < 1.29 is 5.11 Å². The first-order chi connectivity index (χ1) is 6.24. The lowest BCUT2D eigenvalue weighted by molar-refractivity contribution is 0.284. The van der Waals surface area contributed by atoms with Crippen molar-refractivity contribution in [1.82, 2.24) is 0 Å². The van der Waals surface area contributed by atoms with Crippen molar-refractivity contribution in [2.45, 2.75) is 26.2 Å². The fourth-order valence-corrected chi connectivity index (χ4v) is 1.81. The molecule has 72 valence electrons. The molecule has 0 unspecified atom stereocenters. The molecule has 0 bridgehead atoms. The highest BCUT2D eigenvalue weighted by Gasteiger charge is 1.97. The third-order valence-corrected chi connectivity index (χ3v) is 3.27. The van der Waals surface area contributed by atoms with Gasteiger partial charge in [-0.1, -0.05) is 12.1 Å². The molecule has 0 aliphatic carbocycles. The van der Waals surface area contributed by atoms with Crippen molar-refractivity contribution in [1.29, 1.82) is 0 Å². The molecule has 0 amide bonds. The average Bonchev–Trinajstić information content (AvgIpc) is 2.12. The molecule has 1 nitrogen and oxygen atoms in total. The Bertz CT molecular complexity index is 271. The number of benzene rings is 1. The molecule has 0 spiro atoms. The van der Waals surface area contributed by atoms with Gasteiger partial charge in [-0.2, -0.15) is 0 Å². The van der Waals surface area contributed by atoms with Crippen LogP contribution in [0.15, 0.2) is 18.2 Å². The summed E-state index contributed by atoms with van der Waals surface area (Å²) in [5.41, 5.74) is 2.72. The van der Waals surface area contributed by atoms with Crippen molar-refractivity contribution in [3.05, 3.63) is 32.9 Å². The zero-order chi connectivity index (χ0) is 9.68. The molecule has 13 heavy (non-hydrogen) atoms. The molecule has 1 aromatic carbocycles. The van der Waals surface area contributed by atoms with Crippen molar-refractivity contribution in [3.8, 4) is 0 Å². The quantitative estimate of drug-likeness (QED) is 0.668. The van der Waals surface area contributed by atoms with Gasteiger partial charge >= 0.3 is 0 Å². The molecule has 0 atom stereocenters. The minimum absolute atomic E-state index is 0.308. The fourth-order valence-electron chi connectivity index (χ4n) is 1.23. The standard InChI is InChI=1S/C11H15IO/c1-9-5-6-10(8-11(9)12)4-2-3-7-13/h5-6,8,13H,2-4,7H2,1H3. The van der Waals surface area contributed by atoms with Gasteiger partial charge in [-0.25, -0.2) is 0 Å². The highest BCUT2D eigenvalue weighted by molar-refractivity contribution is 14.1. The third-order valence-electron chi connectivity index (χ3n) is 2.11. The summed E-state index contributed by atoms with van der Waals surface area (Å²) >= 11 is 2.36. The van der Waals surface area contributed by atoms with Crippen LogP contribution in [0.5, 0.6) is 0 Å². The van der Waals surface area contributed by atoms with Gasteiger partial charge < -0.3 is 5.11 Å². The van der Waals surface area contributed by atoms with Crippen LogP contribution < -0.4 is 0 Å². The van der Waals surface area contributed by atoms with E-state index in [-0.39, 0.29) is 0 Å². The van der Waals surface area contributed by atoms with E-state index in [0.29, 0.717) is 6.61 Å². The lowest BCUT2D eigenvalue weighted by Crippen LogP contribution is -1.90. The van der Waals surface area contributed by atoms with Gasteiger partial charge in [0.1, 0.15) is 0 Å². The van der Waals surface area contributed by atoms with Gasteiger partial charge in [0.2, 0.25) is 0 Å². The summed E-state index contributed by atoms with van der Waals surface area (Å²) in [5, 5.41) is 8.64. The van der Waals surface area contributed by atoms with Crippen LogP contribution in [-0.4, -0.2) is 11.7 Å². The summed E-state index contributed by atoms with van der Waals surface area (Å²) in [5.74, 6) is 0. The van der Waals surface area contributed by atoms with Crippen LogP contribution >= 0.6 is 22.6 Å². The maximum atomic E-state index is 8.64. The second kappa shape index (κ2) is 5.60. The van der Waals surface area contributed by atoms with Crippen LogP contribution in [0.1, 0.15) is 24.0 Å². The van der Waals surface area contributed by atoms with Crippen LogP contribution in [0.3, 0.4) is 0 Å². The predicted octanol–water partition coefficient (Wildman–Crippen LogP) is 2.91. The zero-order valence-electron chi connectivity index (χ0n) is 7.89. The Morgan fingerprint density at radius 2 is 2.08 bits per heavy atom. The number of aliphatic hydroxyl groups excluding tert-OH is 1. The molecular weight excluding hydrogens is 275 g/mol. The number of hydrogen-bond acceptors (Lipinski definition) is 1. The van der Waals surface area contributed by atoms with Gasteiger partial charge in [-0.15, -0.1) is 0 Å². The SMILES string of the molecule is Cc1ccc(CCCCO)cc1I. The van der Waals surface area contributed by atoms with Gasteiger partial charge in [0.05, 0.1) is 0 Å². The van der Waals surface area contributed by atoms with Crippen molar-refractivity contribution in [2.24, 2.45) is 0 Å². The van der Waals surface area contributed by atoms with Crippen LogP contribution in [0.25, 0.3) is 0 Å². The Morgan fingerprint density at radius 3 is 2.69 bits per heavy atom. The Balaban J connectivity index is 2.53. The fraction of sp³-hybridized carbons (Fsp3) is 0.455. The van der Waals surface area contributed by atoms with Gasteiger partial charge in [0.25, 0.3) is 0 Å². The molecule has 1 rings (SSSR count). The van der Waals surface area contributed by atoms with Gasteiger partial charge in [0, 0.05) is 10.2 Å². The molecule has 0 radical (unpaired) electrons. The molecule has 0 fully saturated rings. The Labute approximate surface area is 93.3 Å². The van der Waals surface area contributed by atoms with E-state index in [1.54, 1.807) is 0 Å². The highest BCUT2D eigenvalue weighted by Crippen LogP contribution is 2.14. The van der Waals surface area contributed by atoms with Gasteiger partial charge in [-0.05, 0) is 66.0 Å². The van der Waals surface area contributed by atoms with Crippen LogP contribution in [-0.2, 0) is 6.42 Å². The number of hydrogen-bond donors (Lipinski definition) is 1. The molecule has 0 aliphatic rings. The van der Waals surface area contributed by atoms with Crippen LogP contribution in [0.2, 0.25) is 0 Å². The Hall–Kier alpha value is -0.0900. The van der Waals surface area contributed by atoms with Crippen molar-refractivity contribution >= 4 is 22.6 Å². The van der Waals surface area contributed by atoms with E-state index in [4.69, 9.17) is 5.11 Å². The summed E-state index contributed by atoms with van der Waals surface area (Å²) in [7, 11) is 0. The van der Waals surface area contributed by atoms with Crippen molar-refractivity contribution in [3.63, 3.8) is 0 Å². The second-order valence-corrected chi connectivity index (χ2v) is 4.43. The minimum atomic E-state index is 0.308. The first kappa shape index (κ1) is 11.0. The predicted molar refractivity (Wildman–Crippen MR) is 63.9 cm³/mol. The molecule has 1 N–H and O–H groups in total. The third kappa shape index (κ3) is 3.65. The smallest absolute Gasteiger partial charge is 0.0431 e. The summed E-state index contributed by atoms with van der Waals surface area (Å²) in [6.45, 7) is 2.43. The van der Waals surface area contributed by atoms with Crippen molar-refractivity contribution in [2.75, 3.05) is 6.61 Å². The number of rotatable bonds is 4. The van der Waals surface area contributed by atoms with E-state index in [2.05, 4.69) is 47.7 Å². The van der Waals surface area contributed by atoms with E-state index >= 15 is 0 Å². The maximum Gasteiger partial charge on any atom is 0.0431 e. The second-order valence-electron chi connectivity index (χ2n) is 3.26. The Kier molecular flexibility index (Phi) is 4.73. The first-order valence-electron chi connectivity index (χ1n) is 4.60. The van der Waals surface area contributed by atoms with E-state index in [9.17, 15) is 0 Å². The van der Waals surface area contributed by atoms with Gasteiger partial charge in [0.15, 0.2) is 0 Å². The topological polar surface area (TPSA) is 20.2 Å². The first-order valence-corrected chi connectivity index (χ1v) is 5.68. The number of aliphatic hydroxyl groups is 1. The number of unbranched alkanes of at least 4 members (excludes halogenated alkanes) is 1. The molecule has 2 heteroatoms. The average molecular weight is 290 g/mol. The van der Waals surface area contributed by atoms with E-state index in [1.807, 2.05) is 0 Å². The van der Waals surface area contributed by atoms with E-state index in [0.717, 1.165) is 19.3 Å². The summed E-state index contributed by atoms with van der Waals surface area (Å²) < 4.78 is 1.33. The monoisotopic (exact) mass is 290 g/mol. The Morgan fingerprint density at radius 1 is 1.31 bits per heavy atom. The summed E-state index contributed by atoms with van der Waals surface area (Å²) in [6, 6.07) is 6.57. The summed E-state index contributed by atoms with van der Waals surface area (Å²) in [6.07, 6.45) is 3.07. The number of aryl methyl sites for hydroxylation is 2. The maximum absolute atomic E-state index is 8.64. The highest BCUT2D eigenvalue weighted by atomic mass is 127. The normalized spacial score (nSPS) is 10.4. The van der Waals surface area contributed by atoms with E-state index < -0.39 is 0 Å². The zero-order valence-corrected chi connectivity index (χ0v) is 10.0.